The van der Waals surface area contributed by atoms with Crippen LogP contribution in [-0.2, 0) is 22.4 Å². The van der Waals surface area contributed by atoms with Crippen LogP contribution in [0.2, 0.25) is 0 Å². The molecule has 3 unspecified atom stereocenters. The fourth-order valence-corrected chi connectivity index (χ4v) is 7.30. The van der Waals surface area contributed by atoms with Crippen molar-refractivity contribution in [3.8, 4) is 12.3 Å². The fraction of sp³-hybridized carbons (Fsp3) is 0.405. The van der Waals surface area contributed by atoms with E-state index in [1.54, 1.807) is 7.11 Å². The van der Waals surface area contributed by atoms with Gasteiger partial charge in [-0.25, -0.2) is 0 Å². The second-order valence-corrected chi connectivity index (χ2v) is 13.1. The molecule has 228 valence electrons. The van der Waals surface area contributed by atoms with Gasteiger partial charge >= 0.3 is 0 Å². The van der Waals surface area contributed by atoms with Gasteiger partial charge in [0.1, 0.15) is 5.78 Å². The van der Waals surface area contributed by atoms with E-state index in [0.717, 1.165) is 57.1 Å². The molecule has 2 heteroatoms. The Morgan fingerprint density at radius 3 is 2.39 bits per heavy atom. The largest absolute Gasteiger partial charge is 0.385 e. The number of aryl methyl sites for hydroxylation is 1. The van der Waals surface area contributed by atoms with Crippen LogP contribution in [0.1, 0.15) is 97.6 Å². The third-order valence-corrected chi connectivity index (χ3v) is 9.92. The van der Waals surface area contributed by atoms with Gasteiger partial charge in [-0.15, -0.1) is 6.42 Å². The molecule has 0 aliphatic heterocycles. The number of carbonyl (C=O) groups is 1. The molecule has 44 heavy (non-hydrogen) atoms. The molecule has 3 atom stereocenters. The summed E-state index contributed by atoms with van der Waals surface area (Å²) in [6.07, 6.45) is 20.6. The third-order valence-electron chi connectivity index (χ3n) is 9.92. The lowest BCUT2D eigenvalue weighted by atomic mass is 9.70. The number of methoxy groups -OCH3 is 1. The number of carbonyl (C=O) groups excluding carboxylic acids is 1. The molecule has 2 nitrogen and oxygen atoms in total. The quantitative estimate of drug-likeness (QED) is 0.187. The Morgan fingerprint density at radius 2 is 1.73 bits per heavy atom. The van der Waals surface area contributed by atoms with E-state index >= 15 is 0 Å². The number of terminal acetylenes is 1. The van der Waals surface area contributed by atoms with E-state index in [1.807, 2.05) is 6.07 Å². The molecule has 0 aromatic heterocycles. The van der Waals surface area contributed by atoms with Gasteiger partial charge in [0.15, 0.2) is 0 Å². The predicted octanol–water partition coefficient (Wildman–Crippen LogP) is 9.73. The van der Waals surface area contributed by atoms with Crippen LogP contribution in [-0.4, -0.2) is 19.5 Å². The molecule has 1 saturated carbocycles. The van der Waals surface area contributed by atoms with Gasteiger partial charge in [-0.05, 0) is 108 Å². The number of allylic oxidation sites excluding steroid dienone is 4. The molecule has 1 fully saturated rings. The highest BCUT2D eigenvalue weighted by Gasteiger charge is 2.33. The normalized spacial score (nSPS) is 21.0. The highest BCUT2D eigenvalue weighted by molar-refractivity contribution is 5.86. The monoisotopic (exact) mass is 584 g/mol. The Kier molecular flexibility index (Phi) is 11.1. The fourth-order valence-electron chi connectivity index (χ4n) is 7.30. The molecule has 0 N–H and O–H groups in total. The number of benzene rings is 3. The van der Waals surface area contributed by atoms with Crippen molar-refractivity contribution in [2.24, 2.45) is 17.8 Å². The predicted molar refractivity (Wildman–Crippen MR) is 184 cm³/mol. The van der Waals surface area contributed by atoms with Crippen LogP contribution in [0.4, 0.5) is 0 Å². The summed E-state index contributed by atoms with van der Waals surface area (Å²) in [5.41, 5.74) is 8.58. The lowest BCUT2D eigenvalue weighted by Crippen LogP contribution is -2.27. The molecule has 0 bridgehead atoms. The maximum Gasteiger partial charge on any atom is 0.140 e. The Bertz CT molecular complexity index is 1480. The molecular formula is C42H48O2. The van der Waals surface area contributed by atoms with E-state index in [2.05, 4.69) is 105 Å². The molecule has 5 rings (SSSR count). The van der Waals surface area contributed by atoms with Crippen LogP contribution in [0, 0.1) is 30.1 Å². The van der Waals surface area contributed by atoms with Gasteiger partial charge in [0.2, 0.25) is 0 Å². The van der Waals surface area contributed by atoms with Gasteiger partial charge in [0.25, 0.3) is 0 Å². The molecular weight excluding hydrogens is 536 g/mol. The molecule has 3 aromatic carbocycles. The molecule has 0 heterocycles. The molecule has 2 aliphatic rings. The van der Waals surface area contributed by atoms with Crippen molar-refractivity contribution in [2.75, 3.05) is 13.7 Å². The molecule has 0 amide bonds. The minimum atomic E-state index is -0.0381. The summed E-state index contributed by atoms with van der Waals surface area (Å²) in [6, 6.07) is 26.0. The SMILES string of the molecule is C#Cc1ccc(CC2CCC(C(C(=O)CCc3ccccc3)c3ccc(C4=CC(C)C=C4)cc3)CC2)cc1C(C)CCOC. The Balaban J connectivity index is 1.28. The summed E-state index contributed by atoms with van der Waals surface area (Å²) in [5.74, 6) is 5.11. The van der Waals surface area contributed by atoms with E-state index in [4.69, 9.17) is 11.2 Å². The zero-order valence-corrected chi connectivity index (χ0v) is 26.8. The molecule has 2 aliphatic carbocycles. The van der Waals surface area contributed by atoms with Gasteiger partial charge in [-0.3, -0.25) is 4.79 Å². The highest BCUT2D eigenvalue weighted by Crippen LogP contribution is 2.41. The Labute approximate surface area is 265 Å². The minimum absolute atomic E-state index is 0.0381. The van der Waals surface area contributed by atoms with Crippen LogP contribution in [0.3, 0.4) is 0 Å². The Hall–Kier alpha value is -3.67. The lowest BCUT2D eigenvalue weighted by molar-refractivity contribution is -0.122. The average molecular weight is 585 g/mol. The first kappa shape index (κ1) is 31.7. The van der Waals surface area contributed by atoms with Crippen molar-refractivity contribution in [3.63, 3.8) is 0 Å². The van der Waals surface area contributed by atoms with Gasteiger partial charge in [-0.2, -0.15) is 0 Å². The number of ether oxygens (including phenoxy) is 1. The number of hydrogen-bond acceptors (Lipinski definition) is 2. The van der Waals surface area contributed by atoms with Crippen molar-refractivity contribution in [2.45, 2.75) is 77.0 Å². The van der Waals surface area contributed by atoms with E-state index in [-0.39, 0.29) is 5.92 Å². The first-order chi connectivity index (χ1) is 21.4. The summed E-state index contributed by atoms with van der Waals surface area (Å²) in [4.78, 5) is 14.0. The summed E-state index contributed by atoms with van der Waals surface area (Å²) in [5, 5.41) is 0. The second-order valence-electron chi connectivity index (χ2n) is 13.1. The maximum absolute atomic E-state index is 14.0. The lowest BCUT2D eigenvalue weighted by Gasteiger charge is -2.34. The first-order valence-electron chi connectivity index (χ1n) is 16.6. The zero-order valence-electron chi connectivity index (χ0n) is 26.8. The molecule has 0 spiro atoms. The third kappa shape index (κ3) is 8.08. The summed E-state index contributed by atoms with van der Waals surface area (Å²) in [7, 11) is 1.75. The molecule has 0 radical (unpaired) electrons. The zero-order chi connectivity index (χ0) is 30.9. The first-order valence-corrected chi connectivity index (χ1v) is 16.6. The van der Waals surface area contributed by atoms with Crippen LogP contribution in [0.15, 0.2) is 91.0 Å². The molecule has 0 saturated heterocycles. The van der Waals surface area contributed by atoms with Crippen molar-refractivity contribution >= 4 is 11.4 Å². The van der Waals surface area contributed by atoms with E-state index in [1.165, 1.54) is 33.4 Å². The molecule has 3 aromatic rings. The van der Waals surface area contributed by atoms with Gasteiger partial charge < -0.3 is 4.74 Å². The van der Waals surface area contributed by atoms with Crippen LogP contribution in [0.25, 0.3) is 5.57 Å². The van der Waals surface area contributed by atoms with E-state index in [0.29, 0.717) is 35.9 Å². The number of ketones is 1. The van der Waals surface area contributed by atoms with Crippen molar-refractivity contribution < 1.29 is 9.53 Å². The van der Waals surface area contributed by atoms with Gasteiger partial charge in [-0.1, -0.05) is 105 Å². The smallest absolute Gasteiger partial charge is 0.140 e. The number of hydrogen-bond donors (Lipinski definition) is 0. The van der Waals surface area contributed by atoms with Crippen molar-refractivity contribution in [1.29, 1.82) is 0 Å². The van der Waals surface area contributed by atoms with Gasteiger partial charge in [0.05, 0.1) is 0 Å². The summed E-state index contributed by atoms with van der Waals surface area (Å²) >= 11 is 0. The Morgan fingerprint density at radius 1 is 0.977 bits per heavy atom. The number of rotatable bonds is 13. The van der Waals surface area contributed by atoms with E-state index < -0.39 is 0 Å². The summed E-state index contributed by atoms with van der Waals surface area (Å²) in [6.45, 7) is 5.19. The van der Waals surface area contributed by atoms with Crippen LogP contribution >= 0.6 is 0 Å². The van der Waals surface area contributed by atoms with Crippen molar-refractivity contribution in [3.05, 3.63) is 124 Å². The average Bonchev–Trinajstić information content (AvgIpc) is 3.50. The van der Waals surface area contributed by atoms with Crippen molar-refractivity contribution in [1.82, 2.24) is 0 Å². The van der Waals surface area contributed by atoms with E-state index in [9.17, 15) is 4.79 Å². The number of Topliss-reactive ketones (excluding diaryl/α,β-unsaturated/α-hetero) is 1. The standard InChI is InChI=1S/C42H48O2/c1-5-35-17-14-34(29-40(35)31(3)25-26-44-4)28-33-12-18-37(19-13-33)42(41(43)24-15-32-9-7-6-8-10-32)38-22-20-36(21-23-38)39-16-11-30(2)27-39/h1,6-11,14,16-17,20-23,27,29-31,33,37,42H,12-13,15,18-19,24-26,28H2,2-4H3. The summed E-state index contributed by atoms with van der Waals surface area (Å²) < 4.78 is 5.33. The van der Waals surface area contributed by atoms with Crippen LogP contribution in [0.5, 0.6) is 0 Å². The highest BCUT2D eigenvalue weighted by atomic mass is 16.5. The minimum Gasteiger partial charge on any atom is -0.385 e. The second kappa shape index (κ2) is 15.4. The van der Waals surface area contributed by atoms with Gasteiger partial charge in [0, 0.05) is 31.6 Å². The van der Waals surface area contributed by atoms with Crippen LogP contribution < -0.4 is 0 Å². The maximum atomic E-state index is 14.0. The topological polar surface area (TPSA) is 26.3 Å².